The van der Waals surface area contributed by atoms with Crippen molar-refractivity contribution in [2.45, 2.75) is 71.5 Å². The number of benzene rings is 2. The molecule has 5 nitrogen and oxygen atoms in total. The summed E-state index contributed by atoms with van der Waals surface area (Å²) in [5.74, 6) is 1.06. The van der Waals surface area contributed by atoms with Crippen molar-refractivity contribution in [1.29, 1.82) is 0 Å². The summed E-state index contributed by atoms with van der Waals surface area (Å²) in [6.45, 7) is 10.7. The van der Waals surface area contributed by atoms with Crippen LogP contribution >= 0.6 is 22.6 Å². The van der Waals surface area contributed by atoms with Crippen LogP contribution in [0.5, 0.6) is 0 Å². The first-order valence-electron chi connectivity index (χ1n) is 12.2. The van der Waals surface area contributed by atoms with Crippen LogP contribution in [0.4, 0.5) is 5.82 Å². The maximum absolute atomic E-state index is 13.8. The van der Waals surface area contributed by atoms with Gasteiger partial charge in [-0.3, -0.25) is 4.79 Å². The molecule has 0 spiro atoms. The van der Waals surface area contributed by atoms with E-state index < -0.39 is 0 Å². The zero-order chi connectivity index (χ0) is 24.5. The van der Waals surface area contributed by atoms with E-state index in [9.17, 15) is 4.79 Å². The van der Waals surface area contributed by atoms with Gasteiger partial charge in [0.1, 0.15) is 11.4 Å². The highest BCUT2D eigenvalue weighted by Crippen LogP contribution is 2.41. The summed E-state index contributed by atoms with van der Waals surface area (Å²) < 4.78 is 3.20. The number of aromatic nitrogens is 2. The predicted molar refractivity (Wildman–Crippen MR) is 147 cm³/mol. The molecule has 6 heteroatoms. The Morgan fingerprint density at radius 2 is 1.88 bits per heavy atom. The molecule has 0 saturated carbocycles. The van der Waals surface area contributed by atoms with Gasteiger partial charge in [0, 0.05) is 3.57 Å². The number of rotatable bonds is 7. The van der Waals surface area contributed by atoms with Crippen molar-refractivity contribution < 1.29 is 4.79 Å². The van der Waals surface area contributed by atoms with Gasteiger partial charge in [-0.05, 0) is 85.4 Å². The first-order chi connectivity index (χ1) is 16.2. The lowest BCUT2D eigenvalue weighted by Crippen LogP contribution is -2.39. The fourth-order valence-corrected chi connectivity index (χ4v) is 5.48. The summed E-state index contributed by atoms with van der Waals surface area (Å²) in [4.78, 5) is 13.8. The van der Waals surface area contributed by atoms with Crippen LogP contribution in [0.25, 0.3) is 0 Å². The fraction of sp³-hybridized carbons (Fsp3) is 0.429. The number of nitrogens with zero attached hydrogens (tertiary/aromatic N) is 2. The molecule has 0 saturated heterocycles. The molecule has 1 aromatic heterocycles. The fourth-order valence-electron chi connectivity index (χ4n) is 5.12. The van der Waals surface area contributed by atoms with Crippen LogP contribution in [-0.4, -0.2) is 15.7 Å². The number of anilines is 1. The predicted octanol–water partition coefficient (Wildman–Crippen LogP) is 7.00. The lowest BCUT2D eigenvalue weighted by molar-refractivity contribution is 0.0921. The molecule has 0 radical (unpaired) electrons. The molecule has 0 bridgehead atoms. The Bertz CT molecular complexity index is 1140. The molecule has 3 aromatic rings. The van der Waals surface area contributed by atoms with Crippen molar-refractivity contribution in [1.82, 2.24) is 15.1 Å². The number of hydrogen-bond acceptors (Lipinski definition) is 3. The number of carbonyl (C=O) groups excluding carboxylic acids is 1. The number of halogens is 1. The number of carbonyl (C=O) groups is 1. The van der Waals surface area contributed by atoms with Crippen molar-refractivity contribution in [2.24, 2.45) is 5.92 Å². The Hall–Kier alpha value is -2.35. The lowest BCUT2D eigenvalue weighted by Gasteiger charge is -2.38. The average Bonchev–Trinajstić information content (AvgIpc) is 3.15. The molecular weight excluding hydrogens is 535 g/mol. The summed E-state index contributed by atoms with van der Waals surface area (Å²) in [5, 5.41) is 11.8. The van der Waals surface area contributed by atoms with Crippen LogP contribution < -0.4 is 10.6 Å². The third-order valence-corrected chi connectivity index (χ3v) is 7.63. The second-order valence-electron chi connectivity index (χ2n) is 10.1. The van der Waals surface area contributed by atoms with Crippen molar-refractivity contribution in [3.8, 4) is 0 Å². The van der Waals surface area contributed by atoms with Gasteiger partial charge in [-0.2, -0.15) is 5.10 Å². The summed E-state index contributed by atoms with van der Waals surface area (Å²) in [5.41, 5.74) is 3.55. The molecule has 2 aromatic carbocycles. The summed E-state index contributed by atoms with van der Waals surface area (Å²) in [6, 6.07) is 19.0. The third kappa shape index (κ3) is 5.02. The second-order valence-corrected chi connectivity index (χ2v) is 11.4. The Labute approximate surface area is 216 Å². The van der Waals surface area contributed by atoms with Gasteiger partial charge in [-0.25, -0.2) is 4.68 Å². The lowest BCUT2D eigenvalue weighted by atomic mass is 9.88. The van der Waals surface area contributed by atoms with Gasteiger partial charge in [0.25, 0.3) is 5.91 Å². The van der Waals surface area contributed by atoms with E-state index in [1.165, 1.54) is 9.13 Å². The molecular formula is C28H35IN4O. The van der Waals surface area contributed by atoms with Gasteiger partial charge in [0.2, 0.25) is 0 Å². The van der Waals surface area contributed by atoms with Gasteiger partial charge in [0.15, 0.2) is 0 Å². The monoisotopic (exact) mass is 570 g/mol. The molecule has 4 rings (SSSR count). The van der Waals surface area contributed by atoms with Gasteiger partial charge < -0.3 is 10.6 Å². The number of fused-ring (bicyclic) bond motifs is 1. The molecule has 2 heterocycles. The maximum atomic E-state index is 13.8. The van der Waals surface area contributed by atoms with Gasteiger partial charge >= 0.3 is 0 Å². The minimum Gasteiger partial charge on any atom is -0.363 e. The van der Waals surface area contributed by atoms with E-state index in [2.05, 4.69) is 109 Å². The van der Waals surface area contributed by atoms with Crippen LogP contribution in [0.1, 0.15) is 86.2 Å². The average molecular weight is 571 g/mol. The van der Waals surface area contributed by atoms with E-state index >= 15 is 0 Å². The van der Waals surface area contributed by atoms with Crippen molar-refractivity contribution in [3.05, 3.63) is 80.6 Å². The smallest absolute Gasteiger partial charge is 0.257 e. The summed E-state index contributed by atoms with van der Waals surface area (Å²) >= 11 is 2.32. The second kappa shape index (κ2) is 10.1. The van der Waals surface area contributed by atoms with Crippen LogP contribution in [0.2, 0.25) is 0 Å². The van der Waals surface area contributed by atoms with Crippen molar-refractivity contribution >= 4 is 34.3 Å². The Kier molecular flexibility index (Phi) is 7.36. The van der Waals surface area contributed by atoms with E-state index in [1.807, 2.05) is 17.7 Å². The van der Waals surface area contributed by atoms with Gasteiger partial charge in [-0.15, -0.1) is 0 Å². The van der Waals surface area contributed by atoms with Crippen LogP contribution in [0.3, 0.4) is 0 Å². The first kappa shape index (κ1) is 24.8. The molecule has 0 fully saturated rings. The Morgan fingerprint density at radius 1 is 1.21 bits per heavy atom. The molecule has 1 aliphatic rings. The van der Waals surface area contributed by atoms with Crippen LogP contribution in [0.15, 0.2) is 54.6 Å². The van der Waals surface area contributed by atoms with E-state index in [-0.39, 0.29) is 23.5 Å². The molecule has 1 aliphatic heterocycles. The molecule has 180 valence electrons. The molecule has 3 atom stereocenters. The zero-order valence-corrected chi connectivity index (χ0v) is 22.9. The molecule has 0 aliphatic carbocycles. The first-order valence-corrected chi connectivity index (χ1v) is 13.3. The highest BCUT2D eigenvalue weighted by atomic mass is 127. The number of aryl methyl sites for hydroxylation is 1. The van der Waals surface area contributed by atoms with Crippen LogP contribution in [-0.2, 0) is 5.54 Å². The van der Waals surface area contributed by atoms with Crippen molar-refractivity contribution in [3.63, 3.8) is 0 Å². The number of nitrogens with one attached hydrogen (secondary N) is 2. The van der Waals surface area contributed by atoms with E-state index in [0.29, 0.717) is 11.5 Å². The topological polar surface area (TPSA) is 59.0 Å². The number of amides is 1. The summed E-state index contributed by atoms with van der Waals surface area (Å²) in [6.07, 6.45) is 3.02. The van der Waals surface area contributed by atoms with Crippen LogP contribution in [0, 0.1) is 16.4 Å². The quantitative estimate of drug-likeness (QED) is 0.301. The largest absolute Gasteiger partial charge is 0.363 e. The SMILES string of the molecule is CCCC(C)C(NC(=O)c1c(C)nn2c1NC(c1ccccc1)CC2(C)C)c1ccc(I)cc1. The van der Waals surface area contributed by atoms with E-state index in [0.717, 1.165) is 36.3 Å². The molecule has 2 N–H and O–H groups in total. The molecule has 1 amide bonds. The minimum atomic E-state index is -0.213. The Morgan fingerprint density at radius 3 is 2.53 bits per heavy atom. The molecule has 3 unspecified atom stereocenters. The minimum absolute atomic E-state index is 0.0547. The van der Waals surface area contributed by atoms with Crippen molar-refractivity contribution in [2.75, 3.05) is 5.32 Å². The van der Waals surface area contributed by atoms with E-state index in [1.54, 1.807) is 0 Å². The normalized spacial score (nSPS) is 18.5. The highest BCUT2D eigenvalue weighted by molar-refractivity contribution is 14.1. The zero-order valence-electron chi connectivity index (χ0n) is 20.7. The third-order valence-electron chi connectivity index (χ3n) is 6.91. The Balaban J connectivity index is 1.68. The summed E-state index contributed by atoms with van der Waals surface area (Å²) in [7, 11) is 0. The maximum Gasteiger partial charge on any atom is 0.257 e. The standard InChI is InChI=1S/C28H35IN4O/c1-6-10-18(2)25(21-13-15-22(29)16-14-21)31-27(34)24-19(3)32-33-26(24)30-23(17-28(33,4)5)20-11-8-7-9-12-20/h7-9,11-16,18,23,25,30H,6,10,17H2,1-5H3,(H,31,34). The van der Waals surface area contributed by atoms with Gasteiger partial charge in [0.05, 0.1) is 23.3 Å². The number of hydrogen-bond donors (Lipinski definition) is 2. The highest BCUT2D eigenvalue weighted by Gasteiger charge is 2.38. The molecule has 34 heavy (non-hydrogen) atoms. The van der Waals surface area contributed by atoms with Gasteiger partial charge in [-0.1, -0.05) is 62.7 Å². The van der Waals surface area contributed by atoms with E-state index in [4.69, 9.17) is 5.10 Å².